The first-order valence-electron chi connectivity index (χ1n) is 3.23. The quantitative estimate of drug-likeness (QED) is 0.516. The molecule has 5 nitrogen and oxygen atoms in total. The summed E-state index contributed by atoms with van der Waals surface area (Å²) >= 11 is 1.29. The first-order chi connectivity index (χ1) is 5.61. The Kier molecular flexibility index (Phi) is 5.48. The number of aliphatic hydroxyl groups is 1. The van der Waals surface area contributed by atoms with Gasteiger partial charge in [0, 0.05) is 0 Å². The predicted octanol–water partition coefficient (Wildman–Crippen LogP) is -1.09. The highest BCUT2D eigenvalue weighted by Crippen LogP contribution is 1.91. The van der Waals surface area contributed by atoms with Crippen LogP contribution in [-0.4, -0.2) is 46.7 Å². The summed E-state index contributed by atoms with van der Waals surface area (Å²) in [6, 6.07) is -1.19. The fourth-order valence-corrected chi connectivity index (χ4v) is 0.898. The summed E-state index contributed by atoms with van der Waals surface area (Å²) in [5.41, 5.74) is 0. The van der Waals surface area contributed by atoms with Gasteiger partial charge in [0.2, 0.25) is 5.91 Å². The average molecular weight is 193 g/mol. The molecule has 3 N–H and O–H groups in total. The maximum absolute atomic E-state index is 10.8. The molecule has 0 saturated carbocycles. The van der Waals surface area contributed by atoms with Gasteiger partial charge < -0.3 is 15.5 Å². The van der Waals surface area contributed by atoms with Crippen LogP contribution in [0.4, 0.5) is 0 Å². The van der Waals surface area contributed by atoms with E-state index < -0.39 is 18.6 Å². The molecule has 1 atom stereocenters. The molecule has 0 heterocycles. The van der Waals surface area contributed by atoms with Gasteiger partial charge in [-0.1, -0.05) is 0 Å². The largest absolute Gasteiger partial charge is 0.480 e. The zero-order chi connectivity index (χ0) is 9.56. The second-order valence-corrected chi connectivity index (χ2v) is 2.94. The number of carboxylic acid groups (broad SMARTS) is 1. The Balaban J connectivity index is 3.85. The van der Waals surface area contributed by atoms with Crippen LogP contribution in [-0.2, 0) is 9.59 Å². The van der Waals surface area contributed by atoms with E-state index in [1.165, 1.54) is 11.8 Å². The minimum absolute atomic E-state index is 0.198. The van der Waals surface area contributed by atoms with Crippen molar-refractivity contribution in [2.24, 2.45) is 0 Å². The van der Waals surface area contributed by atoms with E-state index in [9.17, 15) is 9.59 Å². The van der Waals surface area contributed by atoms with Gasteiger partial charge in [-0.05, 0) is 6.26 Å². The highest BCUT2D eigenvalue weighted by atomic mass is 32.2. The maximum atomic E-state index is 10.8. The van der Waals surface area contributed by atoms with E-state index in [0.29, 0.717) is 0 Å². The highest BCUT2D eigenvalue weighted by Gasteiger charge is 2.17. The predicted molar refractivity (Wildman–Crippen MR) is 45.0 cm³/mol. The second-order valence-electron chi connectivity index (χ2n) is 2.07. The van der Waals surface area contributed by atoms with Crippen LogP contribution in [0.25, 0.3) is 0 Å². The molecular weight excluding hydrogens is 182 g/mol. The van der Waals surface area contributed by atoms with Crippen LogP contribution in [0.5, 0.6) is 0 Å². The van der Waals surface area contributed by atoms with Crippen LogP contribution in [0.1, 0.15) is 0 Å². The van der Waals surface area contributed by atoms with Crippen molar-refractivity contribution in [3.05, 3.63) is 0 Å². The van der Waals surface area contributed by atoms with E-state index in [2.05, 4.69) is 5.32 Å². The summed E-state index contributed by atoms with van der Waals surface area (Å²) in [6.07, 6.45) is 1.73. The van der Waals surface area contributed by atoms with Crippen molar-refractivity contribution in [1.82, 2.24) is 5.32 Å². The summed E-state index contributed by atoms with van der Waals surface area (Å²) in [6.45, 7) is -0.588. The molecular formula is C6H11NO4S. The number of hydrogen-bond acceptors (Lipinski definition) is 4. The Morgan fingerprint density at radius 2 is 2.17 bits per heavy atom. The highest BCUT2D eigenvalue weighted by molar-refractivity contribution is 7.99. The molecule has 1 unspecified atom stereocenters. The zero-order valence-corrected chi connectivity index (χ0v) is 7.43. The maximum Gasteiger partial charge on any atom is 0.328 e. The van der Waals surface area contributed by atoms with Gasteiger partial charge in [-0.2, -0.15) is 11.8 Å². The lowest BCUT2D eigenvalue weighted by Crippen LogP contribution is -2.44. The fraction of sp³-hybridized carbons (Fsp3) is 0.667. The minimum Gasteiger partial charge on any atom is -0.480 e. The Morgan fingerprint density at radius 3 is 2.50 bits per heavy atom. The third-order valence-corrected chi connectivity index (χ3v) is 1.64. The SMILES string of the molecule is CSCC(=O)NC(CO)C(=O)O. The average Bonchev–Trinajstić information content (AvgIpc) is 2.00. The number of thioether (sulfide) groups is 1. The first kappa shape index (κ1) is 11.2. The van der Waals surface area contributed by atoms with Gasteiger partial charge in [0.25, 0.3) is 0 Å². The van der Waals surface area contributed by atoms with E-state index in [0.717, 1.165) is 0 Å². The molecule has 0 spiro atoms. The van der Waals surface area contributed by atoms with Gasteiger partial charge in [0.15, 0.2) is 0 Å². The Labute approximate surface area is 74.1 Å². The summed E-state index contributed by atoms with van der Waals surface area (Å²) in [5.74, 6) is -1.42. The van der Waals surface area contributed by atoms with Crippen LogP contribution in [0, 0.1) is 0 Å². The number of rotatable bonds is 5. The van der Waals surface area contributed by atoms with Gasteiger partial charge in [-0.3, -0.25) is 4.79 Å². The van der Waals surface area contributed by atoms with Crippen molar-refractivity contribution in [1.29, 1.82) is 0 Å². The Bertz CT molecular complexity index is 173. The molecule has 0 saturated heterocycles. The van der Waals surface area contributed by atoms with Crippen LogP contribution >= 0.6 is 11.8 Å². The molecule has 0 aromatic rings. The van der Waals surface area contributed by atoms with Crippen molar-refractivity contribution in [2.75, 3.05) is 18.6 Å². The molecule has 0 radical (unpaired) electrons. The molecule has 0 fully saturated rings. The topological polar surface area (TPSA) is 86.6 Å². The number of carbonyl (C=O) groups is 2. The number of carbonyl (C=O) groups excluding carboxylic acids is 1. The lowest BCUT2D eigenvalue weighted by atomic mass is 10.3. The normalized spacial score (nSPS) is 12.2. The van der Waals surface area contributed by atoms with Crippen molar-refractivity contribution >= 4 is 23.6 Å². The standard InChI is InChI=1S/C6H11NO4S/c1-12-3-5(9)7-4(2-8)6(10)11/h4,8H,2-3H2,1H3,(H,7,9)(H,10,11). The van der Waals surface area contributed by atoms with Gasteiger partial charge in [-0.25, -0.2) is 4.79 Å². The van der Waals surface area contributed by atoms with E-state index in [1.807, 2.05) is 0 Å². The van der Waals surface area contributed by atoms with Gasteiger partial charge in [0.1, 0.15) is 6.04 Å². The van der Waals surface area contributed by atoms with Crippen LogP contribution in [0.2, 0.25) is 0 Å². The van der Waals surface area contributed by atoms with Crippen LogP contribution in [0.15, 0.2) is 0 Å². The molecule has 6 heteroatoms. The van der Waals surface area contributed by atoms with E-state index in [4.69, 9.17) is 10.2 Å². The van der Waals surface area contributed by atoms with Crippen LogP contribution in [0.3, 0.4) is 0 Å². The molecule has 0 aliphatic heterocycles. The summed E-state index contributed by atoms with van der Waals surface area (Å²) < 4.78 is 0. The number of nitrogens with one attached hydrogen (secondary N) is 1. The van der Waals surface area contributed by atoms with Crippen molar-refractivity contribution in [2.45, 2.75) is 6.04 Å². The molecule has 0 aromatic carbocycles. The molecule has 0 rings (SSSR count). The van der Waals surface area contributed by atoms with Crippen molar-refractivity contribution in [3.8, 4) is 0 Å². The molecule has 0 aliphatic rings. The number of aliphatic hydroxyl groups excluding tert-OH is 1. The Hall–Kier alpha value is -0.750. The number of aliphatic carboxylic acids is 1. The lowest BCUT2D eigenvalue weighted by molar-refractivity contribution is -0.142. The molecule has 1 amide bonds. The first-order valence-corrected chi connectivity index (χ1v) is 4.63. The van der Waals surface area contributed by atoms with Gasteiger partial charge in [0.05, 0.1) is 12.4 Å². The fourth-order valence-electron chi connectivity index (χ4n) is 0.553. The van der Waals surface area contributed by atoms with E-state index in [1.54, 1.807) is 6.26 Å². The lowest BCUT2D eigenvalue weighted by Gasteiger charge is -2.10. The second kappa shape index (κ2) is 5.84. The third-order valence-electron chi connectivity index (χ3n) is 1.09. The van der Waals surface area contributed by atoms with Gasteiger partial charge in [-0.15, -0.1) is 0 Å². The molecule has 0 bridgehead atoms. The molecule has 70 valence electrons. The summed E-state index contributed by atoms with van der Waals surface area (Å²) in [7, 11) is 0. The number of amides is 1. The molecule has 12 heavy (non-hydrogen) atoms. The zero-order valence-electron chi connectivity index (χ0n) is 6.61. The summed E-state index contributed by atoms with van der Waals surface area (Å²) in [5, 5.41) is 19.1. The van der Waals surface area contributed by atoms with Crippen molar-refractivity contribution < 1.29 is 19.8 Å². The Morgan fingerprint density at radius 1 is 1.58 bits per heavy atom. The van der Waals surface area contributed by atoms with Crippen molar-refractivity contribution in [3.63, 3.8) is 0 Å². The minimum atomic E-state index is -1.23. The number of hydrogen-bond donors (Lipinski definition) is 3. The monoisotopic (exact) mass is 193 g/mol. The van der Waals surface area contributed by atoms with Crippen LogP contribution < -0.4 is 5.32 Å². The third kappa shape index (κ3) is 4.20. The summed E-state index contributed by atoms with van der Waals surface area (Å²) in [4.78, 5) is 21.1. The van der Waals surface area contributed by atoms with Gasteiger partial charge >= 0.3 is 5.97 Å². The van der Waals surface area contributed by atoms with E-state index in [-0.39, 0.29) is 11.7 Å². The van der Waals surface area contributed by atoms with E-state index >= 15 is 0 Å². The number of carboxylic acids is 1. The molecule has 0 aromatic heterocycles. The molecule has 0 aliphatic carbocycles. The smallest absolute Gasteiger partial charge is 0.328 e.